The number of likely N-dealkylation sites (N-methyl/N-ethyl adjacent to an activating group) is 1. The molecule has 0 spiro atoms. The Morgan fingerprint density at radius 3 is 2.17 bits per heavy atom. The van der Waals surface area contributed by atoms with Gasteiger partial charge in [0.15, 0.2) is 0 Å². The van der Waals surface area contributed by atoms with Crippen LogP contribution >= 0.6 is 0 Å². The number of methoxy groups -OCH3 is 1. The second kappa shape index (κ2) is 6.91. The minimum atomic E-state index is 0.0136. The van der Waals surface area contributed by atoms with Crippen molar-refractivity contribution in [3.8, 4) is 0 Å². The third-order valence-electron chi connectivity index (χ3n) is 5.59. The Balaban J connectivity index is 2.82. The van der Waals surface area contributed by atoms with E-state index in [0.717, 1.165) is 30.6 Å². The standard InChI is InChI=1S/C16H33NO/c1-7-16(8-2,18-6)15(17-5)14-10-9-12(3)13(4)11-14/h12-15,17H,7-11H2,1-6H3. The molecule has 1 saturated carbocycles. The Labute approximate surface area is 114 Å². The number of ether oxygens (including phenoxy) is 1. The lowest BCUT2D eigenvalue weighted by molar-refractivity contribution is -0.0692. The molecule has 4 atom stereocenters. The molecule has 0 heterocycles. The molecule has 1 N–H and O–H groups in total. The second-order valence-corrected chi connectivity index (χ2v) is 6.27. The van der Waals surface area contributed by atoms with Crippen molar-refractivity contribution in [1.29, 1.82) is 0 Å². The van der Waals surface area contributed by atoms with E-state index < -0.39 is 0 Å². The third-order valence-corrected chi connectivity index (χ3v) is 5.59. The second-order valence-electron chi connectivity index (χ2n) is 6.27. The third kappa shape index (κ3) is 3.08. The van der Waals surface area contributed by atoms with Crippen molar-refractivity contribution in [3.63, 3.8) is 0 Å². The lowest BCUT2D eigenvalue weighted by Crippen LogP contribution is -2.55. The molecule has 0 amide bonds. The maximum atomic E-state index is 5.94. The topological polar surface area (TPSA) is 21.3 Å². The van der Waals surface area contributed by atoms with Crippen LogP contribution in [-0.4, -0.2) is 25.8 Å². The van der Waals surface area contributed by atoms with Crippen LogP contribution in [0, 0.1) is 17.8 Å². The summed E-state index contributed by atoms with van der Waals surface area (Å²) in [5.74, 6) is 2.50. The molecule has 0 saturated heterocycles. The zero-order valence-corrected chi connectivity index (χ0v) is 13.3. The lowest BCUT2D eigenvalue weighted by atomic mass is 9.68. The zero-order chi connectivity index (χ0) is 13.8. The Kier molecular flexibility index (Phi) is 6.13. The van der Waals surface area contributed by atoms with Crippen LogP contribution in [0.15, 0.2) is 0 Å². The lowest BCUT2D eigenvalue weighted by Gasteiger charge is -2.46. The van der Waals surface area contributed by atoms with Gasteiger partial charge in [-0.2, -0.15) is 0 Å². The molecule has 2 heteroatoms. The number of hydrogen-bond acceptors (Lipinski definition) is 2. The van der Waals surface area contributed by atoms with Crippen LogP contribution in [0.25, 0.3) is 0 Å². The monoisotopic (exact) mass is 255 g/mol. The number of nitrogens with one attached hydrogen (secondary N) is 1. The molecule has 0 aromatic carbocycles. The molecule has 1 aliphatic rings. The molecule has 0 bridgehead atoms. The van der Waals surface area contributed by atoms with E-state index in [9.17, 15) is 0 Å². The van der Waals surface area contributed by atoms with Gasteiger partial charge in [-0.15, -0.1) is 0 Å². The van der Waals surface area contributed by atoms with Gasteiger partial charge in [0.2, 0.25) is 0 Å². The quantitative estimate of drug-likeness (QED) is 0.778. The van der Waals surface area contributed by atoms with E-state index in [1.165, 1.54) is 19.3 Å². The van der Waals surface area contributed by atoms with Gasteiger partial charge in [-0.25, -0.2) is 0 Å². The summed E-state index contributed by atoms with van der Waals surface area (Å²) in [6, 6.07) is 0.493. The highest BCUT2D eigenvalue weighted by molar-refractivity contribution is 4.96. The van der Waals surface area contributed by atoms with Crippen LogP contribution in [0.5, 0.6) is 0 Å². The molecule has 1 rings (SSSR count). The zero-order valence-electron chi connectivity index (χ0n) is 13.3. The number of hydrogen-bond donors (Lipinski definition) is 1. The molecule has 2 nitrogen and oxygen atoms in total. The fraction of sp³-hybridized carbons (Fsp3) is 1.00. The maximum Gasteiger partial charge on any atom is 0.0828 e. The van der Waals surface area contributed by atoms with Gasteiger partial charge in [0.25, 0.3) is 0 Å². The Morgan fingerprint density at radius 1 is 1.17 bits per heavy atom. The van der Waals surface area contributed by atoms with Crippen molar-refractivity contribution >= 4 is 0 Å². The Bertz CT molecular complexity index is 229. The summed E-state index contributed by atoms with van der Waals surface area (Å²) in [6.07, 6.45) is 6.25. The molecule has 4 unspecified atom stereocenters. The van der Waals surface area contributed by atoms with Gasteiger partial charge in [0.1, 0.15) is 0 Å². The molecule has 0 aromatic rings. The van der Waals surface area contributed by atoms with Crippen molar-refractivity contribution in [2.75, 3.05) is 14.2 Å². The van der Waals surface area contributed by atoms with Crippen LogP contribution in [-0.2, 0) is 4.74 Å². The minimum Gasteiger partial charge on any atom is -0.377 e. The first-order valence-electron chi connectivity index (χ1n) is 7.77. The van der Waals surface area contributed by atoms with E-state index in [-0.39, 0.29) is 5.60 Å². The van der Waals surface area contributed by atoms with Crippen molar-refractivity contribution < 1.29 is 4.74 Å². The van der Waals surface area contributed by atoms with E-state index in [1.807, 2.05) is 7.11 Å². The first-order chi connectivity index (χ1) is 8.54. The van der Waals surface area contributed by atoms with Crippen LogP contribution in [0.2, 0.25) is 0 Å². The molecule has 1 fully saturated rings. The van der Waals surface area contributed by atoms with Crippen molar-refractivity contribution in [2.45, 2.75) is 71.4 Å². The highest BCUT2D eigenvalue weighted by Crippen LogP contribution is 2.40. The molecule has 0 radical (unpaired) electrons. The van der Waals surface area contributed by atoms with E-state index in [4.69, 9.17) is 4.74 Å². The van der Waals surface area contributed by atoms with Crippen LogP contribution in [0.4, 0.5) is 0 Å². The van der Waals surface area contributed by atoms with Crippen molar-refractivity contribution in [1.82, 2.24) is 5.32 Å². The number of rotatable bonds is 6. The highest BCUT2D eigenvalue weighted by atomic mass is 16.5. The van der Waals surface area contributed by atoms with Gasteiger partial charge in [-0.1, -0.05) is 34.1 Å². The van der Waals surface area contributed by atoms with Crippen molar-refractivity contribution in [2.24, 2.45) is 17.8 Å². The largest absolute Gasteiger partial charge is 0.377 e. The minimum absolute atomic E-state index is 0.0136. The molecular weight excluding hydrogens is 222 g/mol. The molecule has 18 heavy (non-hydrogen) atoms. The predicted molar refractivity (Wildman–Crippen MR) is 78.8 cm³/mol. The van der Waals surface area contributed by atoms with Gasteiger partial charge in [-0.3, -0.25) is 0 Å². The Morgan fingerprint density at radius 2 is 1.78 bits per heavy atom. The van der Waals surface area contributed by atoms with E-state index >= 15 is 0 Å². The average Bonchev–Trinajstić information content (AvgIpc) is 2.40. The van der Waals surface area contributed by atoms with Gasteiger partial charge in [0, 0.05) is 13.2 Å². The molecule has 0 aliphatic heterocycles. The summed E-state index contributed by atoms with van der Waals surface area (Å²) >= 11 is 0. The molecule has 0 aromatic heterocycles. The van der Waals surface area contributed by atoms with Crippen LogP contribution in [0.1, 0.15) is 59.8 Å². The van der Waals surface area contributed by atoms with Gasteiger partial charge >= 0.3 is 0 Å². The SMILES string of the molecule is CCC(CC)(OC)C(NC)C1CCC(C)C(C)C1. The normalized spacial score (nSPS) is 31.3. The van der Waals surface area contributed by atoms with Crippen LogP contribution in [0.3, 0.4) is 0 Å². The first-order valence-corrected chi connectivity index (χ1v) is 7.77. The summed E-state index contributed by atoms with van der Waals surface area (Å²) in [5, 5.41) is 3.58. The summed E-state index contributed by atoms with van der Waals surface area (Å²) in [6.45, 7) is 9.33. The summed E-state index contributed by atoms with van der Waals surface area (Å²) < 4.78 is 5.94. The van der Waals surface area contributed by atoms with E-state index in [1.54, 1.807) is 0 Å². The first kappa shape index (κ1) is 16.0. The Hall–Kier alpha value is -0.0800. The fourth-order valence-electron chi connectivity index (χ4n) is 3.93. The molecular formula is C16H33NO. The van der Waals surface area contributed by atoms with E-state index in [2.05, 4.69) is 40.1 Å². The van der Waals surface area contributed by atoms with E-state index in [0.29, 0.717) is 6.04 Å². The summed E-state index contributed by atoms with van der Waals surface area (Å²) in [7, 11) is 3.98. The predicted octanol–water partition coefficient (Wildman–Crippen LogP) is 3.85. The van der Waals surface area contributed by atoms with Gasteiger partial charge in [0.05, 0.1) is 5.60 Å². The van der Waals surface area contributed by atoms with Crippen molar-refractivity contribution in [3.05, 3.63) is 0 Å². The van der Waals surface area contributed by atoms with Crippen LogP contribution < -0.4 is 5.32 Å². The maximum absolute atomic E-state index is 5.94. The van der Waals surface area contributed by atoms with Gasteiger partial charge < -0.3 is 10.1 Å². The molecule has 108 valence electrons. The smallest absolute Gasteiger partial charge is 0.0828 e. The highest BCUT2D eigenvalue weighted by Gasteiger charge is 2.41. The van der Waals surface area contributed by atoms with Gasteiger partial charge in [-0.05, 0) is 50.5 Å². The summed E-state index contributed by atoms with van der Waals surface area (Å²) in [4.78, 5) is 0. The average molecular weight is 255 g/mol. The molecule has 1 aliphatic carbocycles. The fourth-order valence-corrected chi connectivity index (χ4v) is 3.93. The summed E-state index contributed by atoms with van der Waals surface area (Å²) in [5.41, 5.74) is 0.0136.